The third-order valence-corrected chi connectivity index (χ3v) is 8.52. The van der Waals surface area contributed by atoms with Gasteiger partial charge < -0.3 is 14.2 Å². The molecule has 0 spiro atoms. The SMILES string of the molecule is CCN(NC(=O)OC(C)(C)C)C(=O)COc1c(C(=O)OC)sc(-c2cccc(C3CC(C)(C)CC(C)(C)C3)c2)c1C. The van der Waals surface area contributed by atoms with E-state index in [0.717, 1.165) is 33.9 Å². The summed E-state index contributed by atoms with van der Waals surface area (Å²) in [5, 5.41) is 1.13. The van der Waals surface area contributed by atoms with E-state index in [1.165, 1.54) is 30.4 Å². The molecule has 3 rings (SSSR count). The Hall–Kier alpha value is -3.07. The van der Waals surface area contributed by atoms with Crippen molar-refractivity contribution in [2.75, 3.05) is 20.3 Å². The number of hydrazine groups is 1. The summed E-state index contributed by atoms with van der Waals surface area (Å²) in [4.78, 5) is 39.0. The van der Waals surface area contributed by atoms with Crippen LogP contribution in [0.15, 0.2) is 24.3 Å². The van der Waals surface area contributed by atoms with E-state index in [0.29, 0.717) is 16.5 Å². The zero-order valence-electron chi connectivity index (χ0n) is 26.2. The summed E-state index contributed by atoms with van der Waals surface area (Å²) in [6, 6.07) is 8.53. The number of ether oxygens (including phenoxy) is 3. The number of hydrogen-bond donors (Lipinski definition) is 1. The van der Waals surface area contributed by atoms with Crippen LogP contribution in [0.25, 0.3) is 10.4 Å². The topological polar surface area (TPSA) is 94.2 Å². The van der Waals surface area contributed by atoms with Crippen LogP contribution in [0.5, 0.6) is 5.75 Å². The van der Waals surface area contributed by atoms with Crippen LogP contribution in [-0.4, -0.2) is 48.8 Å². The molecule has 0 unspecified atom stereocenters. The van der Waals surface area contributed by atoms with Crippen LogP contribution in [0.1, 0.15) is 101 Å². The van der Waals surface area contributed by atoms with Crippen LogP contribution in [0.3, 0.4) is 0 Å². The first kappa shape index (κ1) is 32.4. The molecule has 1 fully saturated rings. The van der Waals surface area contributed by atoms with Crippen LogP contribution in [-0.2, 0) is 14.3 Å². The Balaban J connectivity index is 1.86. The number of nitrogens with one attached hydrogen (secondary N) is 1. The van der Waals surface area contributed by atoms with Crippen molar-refractivity contribution in [3.63, 3.8) is 0 Å². The quantitative estimate of drug-likeness (QED) is 0.267. The van der Waals surface area contributed by atoms with E-state index < -0.39 is 23.6 Å². The van der Waals surface area contributed by atoms with Gasteiger partial charge in [0.15, 0.2) is 11.5 Å². The van der Waals surface area contributed by atoms with E-state index in [2.05, 4.69) is 51.3 Å². The number of benzene rings is 1. The fourth-order valence-corrected chi connectivity index (χ4v) is 7.30. The van der Waals surface area contributed by atoms with E-state index in [4.69, 9.17) is 14.2 Å². The zero-order valence-corrected chi connectivity index (χ0v) is 27.0. The Kier molecular flexibility index (Phi) is 9.84. The number of carbonyl (C=O) groups excluding carboxylic acids is 3. The van der Waals surface area contributed by atoms with E-state index in [9.17, 15) is 14.4 Å². The molecule has 0 bridgehead atoms. The van der Waals surface area contributed by atoms with Gasteiger partial charge in [0, 0.05) is 17.0 Å². The Morgan fingerprint density at radius 2 is 1.73 bits per heavy atom. The minimum atomic E-state index is -0.735. The van der Waals surface area contributed by atoms with Gasteiger partial charge in [-0.15, -0.1) is 11.3 Å². The molecule has 1 aromatic heterocycles. The molecule has 1 heterocycles. The molecule has 0 aliphatic heterocycles. The standard InChI is InChI=1S/C32H46N2O6S/c1-11-34(33-29(37)40-30(3,4)5)24(35)18-39-25-20(2)26(41-27(25)28(36)38-10)22-14-12-13-21(15-22)23-16-31(6,7)19-32(8,9)17-23/h12-15,23H,11,16-19H2,1-10H3,(H,33,37). The molecule has 0 atom stereocenters. The summed E-state index contributed by atoms with van der Waals surface area (Å²) in [6.45, 7) is 18.1. The van der Waals surface area contributed by atoms with E-state index in [1.807, 2.05) is 13.0 Å². The Bertz CT molecular complexity index is 1260. The number of likely N-dealkylation sites (N-methyl/N-ethyl adjacent to an activating group) is 1. The lowest BCUT2D eigenvalue weighted by molar-refractivity contribution is -0.136. The first-order valence-electron chi connectivity index (χ1n) is 14.2. The van der Waals surface area contributed by atoms with Gasteiger partial charge >= 0.3 is 12.1 Å². The van der Waals surface area contributed by atoms with Crippen molar-refractivity contribution in [1.82, 2.24) is 10.4 Å². The molecule has 0 radical (unpaired) electrons. The third-order valence-electron chi connectivity index (χ3n) is 7.22. The average molecular weight is 587 g/mol. The molecule has 8 nitrogen and oxygen atoms in total. The number of carbonyl (C=O) groups is 3. The second kappa shape index (κ2) is 12.4. The van der Waals surface area contributed by atoms with Crippen LogP contribution in [0, 0.1) is 17.8 Å². The van der Waals surface area contributed by atoms with E-state index in [1.54, 1.807) is 27.7 Å². The van der Waals surface area contributed by atoms with Crippen molar-refractivity contribution in [2.24, 2.45) is 10.8 Å². The van der Waals surface area contributed by atoms with E-state index in [-0.39, 0.29) is 24.0 Å². The fourth-order valence-electron chi connectivity index (χ4n) is 6.13. The van der Waals surface area contributed by atoms with Gasteiger partial charge in [0.05, 0.1) is 7.11 Å². The maximum atomic E-state index is 12.9. The fraction of sp³-hybridized carbons (Fsp3) is 0.594. The summed E-state index contributed by atoms with van der Waals surface area (Å²) in [6.07, 6.45) is 2.71. The second-order valence-corrected chi connectivity index (χ2v) is 14.5. The van der Waals surface area contributed by atoms with Gasteiger partial charge in [0.1, 0.15) is 11.4 Å². The van der Waals surface area contributed by atoms with Crippen LogP contribution in [0.4, 0.5) is 4.79 Å². The lowest BCUT2D eigenvalue weighted by atomic mass is 9.60. The van der Waals surface area contributed by atoms with Gasteiger partial charge in [-0.1, -0.05) is 52.0 Å². The first-order chi connectivity index (χ1) is 18.9. The molecule has 2 amide bonds. The number of hydrogen-bond acceptors (Lipinski definition) is 7. The molecular weight excluding hydrogens is 540 g/mol. The van der Waals surface area contributed by atoms with Crippen molar-refractivity contribution in [2.45, 2.75) is 93.1 Å². The van der Waals surface area contributed by atoms with E-state index >= 15 is 0 Å². The summed E-state index contributed by atoms with van der Waals surface area (Å²) in [5.74, 6) is -0.257. The molecule has 9 heteroatoms. The second-order valence-electron chi connectivity index (χ2n) is 13.5. The Morgan fingerprint density at radius 3 is 2.29 bits per heavy atom. The molecule has 41 heavy (non-hydrogen) atoms. The summed E-state index contributed by atoms with van der Waals surface area (Å²) >= 11 is 1.30. The Labute approximate surface area is 248 Å². The highest BCUT2D eigenvalue weighted by molar-refractivity contribution is 7.18. The first-order valence-corrected chi connectivity index (χ1v) is 15.0. The molecule has 1 aromatic carbocycles. The lowest BCUT2D eigenvalue weighted by Gasteiger charge is -2.45. The van der Waals surface area contributed by atoms with Crippen LogP contribution >= 0.6 is 11.3 Å². The molecule has 0 saturated heterocycles. The molecule has 1 saturated carbocycles. The van der Waals surface area contributed by atoms with Crippen molar-refractivity contribution in [1.29, 1.82) is 0 Å². The summed E-state index contributed by atoms with van der Waals surface area (Å²) < 4.78 is 16.2. The van der Waals surface area contributed by atoms with Crippen molar-refractivity contribution >= 4 is 29.3 Å². The number of rotatable bonds is 7. The Morgan fingerprint density at radius 1 is 1.10 bits per heavy atom. The van der Waals surface area contributed by atoms with Crippen molar-refractivity contribution in [3.05, 3.63) is 40.3 Å². The largest absolute Gasteiger partial charge is 0.482 e. The van der Waals surface area contributed by atoms with Crippen LogP contribution < -0.4 is 10.2 Å². The van der Waals surface area contributed by atoms with Gasteiger partial charge in [0.25, 0.3) is 5.91 Å². The number of amides is 2. The highest BCUT2D eigenvalue weighted by Gasteiger charge is 2.39. The minimum absolute atomic E-state index is 0.209. The molecule has 1 N–H and O–H groups in total. The maximum absolute atomic E-state index is 12.9. The molecule has 1 aliphatic carbocycles. The van der Waals surface area contributed by atoms with Gasteiger partial charge in [-0.05, 0) is 81.8 Å². The molecule has 2 aromatic rings. The van der Waals surface area contributed by atoms with Gasteiger partial charge in [0.2, 0.25) is 0 Å². The van der Waals surface area contributed by atoms with Gasteiger partial charge in [-0.25, -0.2) is 20.0 Å². The van der Waals surface area contributed by atoms with Gasteiger partial charge in [-0.2, -0.15) is 0 Å². The number of thiophene rings is 1. The molecule has 1 aliphatic rings. The molecule has 226 valence electrons. The number of esters is 1. The highest BCUT2D eigenvalue weighted by atomic mass is 32.1. The van der Waals surface area contributed by atoms with Crippen molar-refractivity contribution < 1.29 is 28.6 Å². The minimum Gasteiger partial charge on any atom is -0.482 e. The average Bonchev–Trinajstić information content (AvgIpc) is 3.18. The smallest absolute Gasteiger partial charge is 0.426 e. The molecular formula is C32H46N2O6S. The maximum Gasteiger partial charge on any atom is 0.426 e. The number of methoxy groups -OCH3 is 1. The third kappa shape index (κ3) is 8.47. The predicted octanol–water partition coefficient (Wildman–Crippen LogP) is 7.50. The monoisotopic (exact) mass is 586 g/mol. The lowest BCUT2D eigenvalue weighted by Crippen LogP contribution is -2.49. The normalized spacial score (nSPS) is 16.5. The number of nitrogens with zero attached hydrogens (tertiary/aromatic N) is 1. The van der Waals surface area contributed by atoms with Gasteiger partial charge in [-0.3, -0.25) is 4.79 Å². The van der Waals surface area contributed by atoms with Crippen molar-refractivity contribution in [3.8, 4) is 16.2 Å². The zero-order chi connectivity index (χ0) is 30.8. The predicted molar refractivity (Wildman–Crippen MR) is 162 cm³/mol. The summed E-state index contributed by atoms with van der Waals surface area (Å²) in [5.41, 5.74) is 5.32. The summed E-state index contributed by atoms with van der Waals surface area (Å²) in [7, 11) is 1.32. The van der Waals surface area contributed by atoms with Crippen LogP contribution in [0.2, 0.25) is 0 Å². The highest BCUT2D eigenvalue weighted by Crippen LogP contribution is 2.52.